The third-order valence-electron chi connectivity index (χ3n) is 5.26. The number of hydrogen-bond acceptors (Lipinski definition) is 8. The van der Waals surface area contributed by atoms with Crippen LogP contribution in [0.25, 0.3) is 37.6 Å². The Kier molecular flexibility index (Phi) is 6.49. The fraction of sp³-hybridized carbons (Fsp3) is 0.0833. The van der Waals surface area contributed by atoms with Gasteiger partial charge in [-0.25, -0.2) is 15.0 Å². The standard InChI is InChI=1S/C17H12N6S2.C7H8O3S/c1-10-13(23-7-8-24-17(23)20-10)16-21-12(11-5-3-2-4-6-11)14(25-16)15-18-9-19-22-15;1-6-2-4-7(5-3-6)11(8,9)10/h2-9H,1H3,(H,18,19,22);2-5H,1H3,(H,8,9,10). The largest absolute Gasteiger partial charge is 0.294 e. The van der Waals surface area contributed by atoms with Crippen LogP contribution in [-0.2, 0) is 10.1 Å². The van der Waals surface area contributed by atoms with Crippen LogP contribution in [-0.4, -0.2) is 42.5 Å². The summed E-state index contributed by atoms with van der Waals surface area (Å²) in [5.74, 6) is 0.728. The number of aromatic nitrogens is 6. The number of nitrogens with one attached hydrogen (secondary N) is 1. The Morgan fingerprint density at radius 3 is 2.42 bits per heavy atom. The van der Waals surface area contributed by atoms with Gasteiger partial charge in [-0.05, 0) is 26.0 Å². The highest BCUT2D eigenvalue weighted by Gasteiger charge is 2.21. The Hall–Kier alpha value is -3.71. The number of imidazole rings is 1. The molecule has 0 radical (unpaired) electrons. The van der Waals surface area contributed by atoms with Crippen LogP contribution in [0.2, 0.25) is 0 Å². The van der Waals surface area contributed by atoms with Gasteiger partial charge in [0.05, 0.1) is 21.2 Å². The predicted octanol–water partition coefficient (Wildman–Crippen LogP) is 5.52. The van der Waals surface area contributed by atoms with Crippen molar-refractivity contribution >= 4 is 37.8 Å². The van der Waals surface area contributed by atoms with Crippen molar-refractivity contribution in [2.24, 2.45) is 0 Å². The van der Waals surface area contributed by atoms with Crippen molar-refractivity contribution in [1.82, 2.24) is 29.5 Å². The van der Waals surface area contributed by atoms with Crippen LogP contribution in [0.5, 0.6) is 0 Å². The Labute approximate surface area is 214 Å². The Bertz CT molecular complexity index is 1720. The lowest BCUT2D eigenvalue weighted by Gasteiger charge is -1.99. The normalized spacial score (nSPS) is 11.4. The summed E-state index contributed by atoms with van der Waals surface area (Å²) in [7, 11) is -4.02. The average molecular weight is 537 g/mol. The molecule has 0 bridgehead atoms. The van der Waals surface area contributed by atoms with Crippen LogP contribution in [0, 0.1) is 13.8 Å². The molecule has 9 nitrogen and oxygen atoms in total. The van der Waals surface area contributed by atoms with E-state index < -0.39 is 10.1 Å². The first kappa shape index (κ1) is 24.0. The zero-order valence-electron chi connectivity index (χ0n) is 19.2. The Morgan fingerprint density at radius 1 is 1.00 bits per heavy atom. The van der Waals surface area contributed by atoms with Crippen molar-refractivity contribution < 1.29 is 13.0 Å². The molecule has 0 unspecified atom stereocenters. The number of fused-ring (bicyclic) bond motifs is 1. The SMILES string of the molecule is Cc1ccc(S(=O)(=O)O)cc1.Cc1nc2sccn2c1-c1nc(-c2ccccc2)c(-c2ncn[nH]2)s1. The second kappa shape index (κ2) is 9.74. The fourth-order valence-electron chi connectivity index (χ4n) is 3.55. The van der Waals surface area contributed by atoms with Crippen molar-refractivity contribution in [2.75, 3.05) is 0 Å². The molecule has 0 aliphatic heterocycles. The smallest absolute Gasteiger partial charge is 0.288 e. The molecule has 0 fully saturated rings. The minimum absolute atomic E-state index is 0.0666. The molecule has 6 rings (SSSR count). The number of H-pyrrole nitrogens is 1. The molecule has 0 saturated carbocycles. The van der Waals surface area contributed by atoms with E-state index in [1.54, 1.807) is 34.8 Å². The first-order valence-electron chi connectivity index (χ1n) is 10.7. The van der Waals surface area contributed by atoms with Gasteiger partial charge in [0.15, 0.2) is 10.8 Å². The molecular formula is C24H20N6O3S3. The van der Waals surface area contributed by atoms with Crippen LogP contribution in [0.4, 0.5) is 0 Å². The molecule has 0 spiro atoms. The van der Waals surface area contributed by atoms with Gasteiger partial charge in [0.2, 0.25) is 0 Å². The maximum Gasteiger partial charge on any atom is 0.294 e. The number of aromatic amines is 1. The van der Waals surface area contributed by atoms with Gasteiger partial charge in [0.25, 0.3) is 10.1 Å². The Balaban J connectivity index is 0.000000205. The maximum atomic E-state index is 10.5. The summed E-state index contributed by atoms with van der Waals surface area (Å²) in [4.78, 5) is 15.8. The number of aryl methyl sites for hydroxylation is 2. The number of hydrogen-bond donors (Lipinski definition) is 2. The van der Waals surface area contributed by atoms with E-state index in [-0.39, 0.29) is 4.90 Å². The molecule has 0 aliphatic carbocycles. The van der Waals surface area contributed by atoms with Crippen molar-refractivity contribution in [3.8, 4) is 32.7 Å². The summed E-state index contributed by atoms with van der Waals surface area (Å²) < 4.78 is 31.6. The quantitative estimate of drug-likeness (QED) is 0.284. The number of rotatable bonds is 4. The van der Waals surface area contributed by atoms with Crippen molar-refractivity contribution in [2.45, 2.75) is 18.7 Å². The van der Waals surface area contributed by atoms with Crippen LogP contribution >= 0.6 is 22.7 Å². The molecule has 4 heterocycles. The lowest BCUT2D eigenvalue weighted by molar-refractivity contribution is 0.483. The highest BCUT2D eigenvalue weighted by atomic mass is 32.2. The summed E-state index contributed by atoms with van der Waals surface area (Å²) in [6.45, 7) is 3.86. The van der Waals surface area contributed by atoms with Gasteiger partial charge < -0.3 is 0 Å². The zero-order chi connectivity index (χ0) is 25.3. The van der Waals surface area contributed by atoms with E-state index >= 15 is 0 Å². The predicted molar refractivity (Wildman–Crippen MR) is 141 cm³/mol. The van der Waals surface area contributed by atoms with Gasteiger partial charge in [-0.1, -0.05) is 48.0 Å². The second-order valence-electron chi connectivity index (χ2n) is 7.79. The molecule has 12 heteroatoms. The first-order chi connectivity index (χ1) is 17.3. The molecule has 4 aromatic heterocycles. The zero-order valence-corrected chi connectivity index (χ0v) is 21.6. The molecule has 36 heavy (non-hydrogen) atoms. The molecule has 0 aliphatic rings. The summed E-state index contributed by atoms with van der Waals surface area (Å²) in [5, 5.41) is 9.91. The summed E-state index contributed by atoms with van der Waals surface area (Å²) in [6, 6.07) is 16.1. The molecule has 6 aromatic rings. The van der Waals surface area contributed by atoms with Crippen LogP contribution < -0.4 is 0 Å². The van der Waals surface area contributed by atoms with Crippen molar-refractivity contribution in [3.05, 3.63) is 83.8 Å². The van der Waals surface area contributed by atoms with Crippen LogP contribution in [0.15, 0.2) is 77.4 Å². The van der Waals surface area contributed by atoms with E-state index in [1.165, 1.54) is 18.5 Å². The van der Waals surface area contributed by atoms with E-state index in [2.05, 4.69) is 36.7 Å². The molecule has 182 valence electrons. The lowest BCUT2D eigenvalue weighted by atomic mass is 10.1. The molecular weight excluding hydrogens is 517 g/mol. The van der Waals surface area contributed by atoms with Gasteiger partial charge in [-0.2, -0.15) is 13.5 Å². The molecule has 0 saturated heterocycles. The molecule has 0 atom stereocenters. The molecule has 2 N–H and O–H groups in total. The highest BCUT2D eigenvalue weighted by molar-refractivity contribution is 7.85. The van der Waals surface area contributed by atoms with Gasteiger partial charge >= 0.3 is 0 Å². The van der Waals surface area contributed by atoms with Gasteiger partial charge in [0, 0.05) is 17.1 Å². The third kappa shape index (κ3) is 4.84. The third-order valence-corrected chi connectivity index (χ3v) is 7.96. The summed E-state index contributed by atoms with van der Waals surface area (Å²) in [6.07, 6.45) is 3.55. The fourth-order valence-corrected chi connectivity index (χ4v) is 5.92. The lowest BCUT2D eigenvalue weighted by Crippen LogP contribution is -1.96. The van der Waals surface area contributed by atoms with E-state index in [1.807, 2.05) is 43.6 Å². The van der Waals surface area contributed by atoms with E-state index in [0.717, 1.165) is 48.9 Å². The highest BCUT2D eigenvalue weighted by Crippen LogP contribution is 2.40. The van der Waals surface area contributed by atoms with Gasteiger partial charge in [-0.15, -0.1) is 22.7 Å². The summed E-state index contributed by atoms with van der Waals surface area (Å²) in [5.41, 5.74) is 4.92. The minimum atomic E-state index is -4.02. The number of benzene rings is 2. The van der Waals surface area contributed by atoms with Crippen molar-refractivity contribution in [1.29, 1.82) is 0 Å². The Morgan fingerprint density at radius 2 is 1.75 bits per heavy atom. The van der Waals surface area contributed by atoms with Gasteiger partial charge in [0.1, 0.15) is 17.0 Å². The van der Waals surface area contributed by atoms with Gasteiger partial charge in [-0.3, -0.25) is 14.1 Å². The second-order valence-corrected chi connectivity index (χ2v) is 11.1. The van der Waals surface area contributed by atoms with Crippen LogP contribution in [0.1, 0.15) is 11.3 Å². The maximum absolute atomic E-state index is 10.5. The minimum Gasteiger partial charge on any atom is -0.288 e. The van der Waals surface area contributed by atoms with E-state index in [0.29, 0.717) is 0 Å². The number of thiazole rings is 2. The molecule has 0 amide bonds. The monoisotopic (exact) mass is 536 g/mol. The average Bonchev–Trinajstić information content (AvgIpc) is 3.64. The number of nitrogens with zero attached hydrogens (tertiary/aromatic N) is 5. The topological polar surface area (TPSA) is 126 Å². The first-order valence-corrected chi connectivity index (χ1v) is 13.8. The summed E-state index contributed by atoms with van der Waals surface area (Å²) >= 11 is 3.22. The van der Waals surface area contributed by atoms with E-state index in [4.69, 9.17) is 9.54 Å². The molecule has 2 aromatic carbocycles. The van der Waals surface area contributed by atoms with Crippen LogP contribution in [0.3, 0.4) is 0 Å². The van der Waals surface area contributed by atoms with Crippen molar-refractivity contribution in [3.63, 3.8) is 0 Å². The van der Waals surface area contributed by atoms with E-state index in [9.17, 15) is 8.42 Å².